The number of ether oxygens (including phenoxy) is 2. The van der Waals surface area contributed by atoms with E-state index in [0.717, 1.165) is 41.8 Å². The average Bonchev–Trinajstić information content (AvgIpc) is 2.50. The second-order valence-corrected chi connectivity index (χ2v) is 5.57. The molecule has 1 rings (SSSR count). The highest BCUT2D eigenvalue weighted by molar-refractivity contribution is 5.41. The minimum atomic E-state index is -0.166. The quantitative estimate of drug-likeness (QED) is 0.800. The van der Waals surface area contributed by atoms with Crippen molar-refractivity contribution in [3.8, 4) is 5.75 Å². The average molecular weight is 294 g/mol. The molecule has 1 unspecified atom stereocenters. The van der Waals surface area contributed by atoms with Crippen LogP contribution in [0.25, 0.3) is 0 Å². The Morgan fingerprint density at radius 3 is 2.29 bits per heavy atom. The molecule has 0 saturated carbocycles. The molecule has 0 radical (unpaired) electrons. The van der Waals surface area contributed by atoms with Crippen molar-refractivity contribution in [3.05, 3.63) is 23.0 Å². The number of rotatable bonds is 8. The highest BCUT2D eigenvalue weighted by Crippen LogP contribution is 2.29. The normalized spacial score (nSPS) is 13.3. The molecule has 0 saturated heterocycles. The number of pyridine rings is 1. The van der Waals surface area contributed by atoms with Crippen LogP contribution in [0.1, 0.15) is 43.5 Å². The van der Waals surface area contributed by atoms with Crippen LogP contribution < -0.4 is 10.1 Å². The Morgan fingerprint density at radius 2 is 1.86 bits per heavy atom. The van der Waals surface area contributed by atoms with Crippen molar-refractivity contribution in [1.29, 1.82) is 0 Å². The van der Waals surface area contributed by atoms with Crippen LogP contribution in [-0.2, 0) is 11.2 Å². The van der Waals surface area contributed by atoms with E-state index in [1.807, 2.05) is 20.2 Å². The third-order valence-corrected chi connectivity index (χ3v) is 4.73. The number of likely N-dealkylation sites (N-methyl/N-ethyl adjacent to an activating group) is 1. The third kappa shape index (κ3) is 3.55. The van der Waals surface area contributed by atoms with Gasteiger partial charge in [0.2, 0.25) is 0 Å². The van der Waals surface area contributed by atoms with E-state index in [2.05, 4.69) is 31.1 Å². The summed E-state index contributed by atoms with van der Waals surface area (Å²) in [4.78, 5) is 4.62. The van der Waals surface area contributed by atoms with Gasteiger partial charge < -0.3 is 14.8 Å². The SMILES string of the molecule is CCC(CC)(OC)C(Cc1ncc(C)c(OC)c1C)NC. The van der Waals surface area contributed by atoms with Crippen LogP contribution in [0, 0.1) is 13.8 Å². The van der Waals surface area contributed by atoms with Crippen LogP contribution in [0.15, 0.2) is 6.20 Å². The number of hydrogen-bond donors (Lipinski definition) is 1. The molecule has 1 aromatic heterocycles. The Kier molecular flexibility index (Phi) is 6.62. The largest absolute Gasteiger partial charge is 0.496 e. The molecule has 0 fully saturated rings. The zero-order chi connectivity index (χ0) is 16.0. The van der Waals surface area contributed by atoms with Crippen LogP contribution in [0.2, 0.25) is 0 Å². The highest BCUT2D eigenvalue weighted by atomic mass is 16.5. The predicted octanol–water partition coefficient (Wildman–Crippen LogP) is 3.04. The fourth-order valence-corrected chi connectivity index (χ4v) is 3.20. The first-order valence-corrected chi connectivity index (χ1v) is 7.71. The summed E-state index contributed by atoms with van der Waals surface area (Å²) < 4.78 is 11.4. The van der Waals surface area contributed by atoms with Gasteiger partial charge in [-0.3, -0.25) is 4.98 Å². The monoisotopic (exact) mass is 294 g/mol. The van der Waals surface area contributed by atoms with Gasteiger partial charge in [0.25, 0.3) is 0 Å². The summed E-state index contributed by atoms with van der Waals surface area (Å²) >= 11 is 0. The molecule has 1 heterocycles. The fraction of sp³-hybridized carbons (Fsp3) is 0.706. The van der Waals surface area contributed by atoms with Crippen LogP contribution in [0.4, 0.5) is 0 Å². The van der Waals surface area contributed by atoms with Gasteiger partial charge in [-0.05, 0) is 33.7 Å². The lowest BCUT2D eigenvalue weighted by Crippen LogP contribution is -2.51. The molecule has 1 atom stereocenters. The molecule has 4 heteroatoms. The van der Waals surface area contributed by atoms with Gasteiger partial charge in [-0.2, -0.15) is 0 Å². The van der Waals surface area contributed by atoms with Crippen molar-refractivity contribution in [2.75, 3.05) is 21.3 Å². The zero-order valence-corrected chi connectivity index (χ0v) is 14.5. The topological polar surface area (TPSA) is 43.4 Å². The van der Waals surface area contributed by atoms with Gasteiger partial charge >= 0.3 is 0 Å². The van der Waals surface area contributed by atoms with Gasteiger partial charge in [0.05, 0.1) is 12.7 Å². The summed E-state index contributed by atoms with van der Waals surface area (Å²) in [7, 11) is 5.50. The zero-order valence-electron chi connectivity index (χ0n) is 14.5. The molecule has 0 spiro atoms. The Balaban J connectivity index is 3.13. The number of aromatic nitrogens is 1. The lowest BCUT2D eigenvalue weighted by molar-refractivity contribution is -0.0457. The van der Waals surface area contributed by atoms with E-state index >= 15 is 0 Å². The fourth-order valence-electron chi connectivity index (χ4n) is 3.20. The lowest BCUT2D eigenvalue weighted by atomic mass is 9.84. The summed E-state index contributed by atoms with van der Waals surface area (Å²) in [6, 6.07) is 0.219. The first-order valence-electron chi connectivity index (χ1n) is 7.71. The molecule has 0 aliphatic heterocycles. The Bertz CT molecular complexity index is 448. The summed E-state index contributed by atoms with van der Waals surface area (Å²) in [6.45, 7) is 8.45. The summed E-state index contributed by atoms with van der Waals surface area (Å²) in [5.74, 6) is 0.936. The van der Waals surface area contributed by atoms with E-state index in [9.17, 15) is 0 Å². The van der Waals surface area contributed by atoms with E-state index in [-0.39, 0.29) is 11.6 Å². The van der Waals surface area contributed by atoms with Crippen molar-refractivity contribution in [2.24, 2.45) is 0 Å². The maximum absolute atomic E-state index is 5.86. The van der Waals surface area contributed by atoms with Crippen LogP contribution in [0.5, 0.6) is 5.75 Å². The molecule has 21 heavy (non-hydrogen) atoms. The smallest absolute Gasteiger partial charge is 0.128 e. The molecule has 0 amide bonds. The van der Waals surface area contributed by atoms with Crippen molar-refractivity contribution < 1.29 is 9.47 Å². The molecule has 4 nitrogen and oxygen atoms in total. The predicted molar refractivity (Wildman–Crippen MR) is 87.1 cm³/mol. The first-order chi connectivity index (χ1) is 9.99. The van der Waals surface area contributed by atoms with Gasteiger partial charge in [-0.25, -0.2) is 0 Å². The first kappa shape index (κ1) is 17.9. The molecular formula is C17H30N2O2. The summed E-state index contributed by atoms with van der Waals surface area (Å²) in [6.07, 6.45) is 4.65. The van der Waals surface area contributed by atoms with Crippen molar-refractivity contribution in [3.63, 3.8) is 0 Å². The van der Waals surface area contributed by atoms with Gasteiger partial charge in [0.1, 0.15) is 5.75 Å². The van der Waals surface area contributed by atoms with Crippen molar-refractivity contribution in [2.45, 2.75) is 58.6 Å². The van der Waals surface area contributed by atoms with Crippen LogP contribution >= 0.6 is 0 Å². The highest BCUT2D eigenvalue weighted by Gasteiger charge is 2.35. The van der Waals surface area contributed by atoms with Crippen LogP contribution in [0.3, 0.4) is 0 Å². The van der Waals surface area contributed by atoms with Gasteiger partial charge in [0, 0.05) is 42.6 Å². The van der Waals surface area contributed by atoms with E-state index in [4.69, 9.17) is 9.47 Å². The summed E-state index contributed by atoms with van der Waals surface area (Å²) in [5, 5.41) is 3.42. The molecular weight excluding hydrogens is 264 g/mol. The number of hydrogen-bond acceptors (Lipinski definition) is 4. The van der Waals surface area contributed by atoms with Gasteiger partial charge in [-0.1, -0.05) is 13.8 Å². The van der Waals surface area contributed by atoms with Gasteiger partial charge in [0.15, 0.2) is 0 Å². The Hall–Kier alpha value is -1.13. The van der Waals surface area contributed by atoms with E-state index in [0.29, 0.717) is 0 Å². The van der Waals surface area contributed by atoms with Crippen LogP contribution in [-0.4, -0.2) is 37.9 Å². The van der Waals surface area contributed by atoms with E-state index in [1.54, 1.807) is 14.2 Å². The number of aryl methyl sites for hydroxylation is 1. The second kappa shape index (κ2) is 7.76. The molecule has 1 aromatic rings. The molecule has 1 N–H and O–H groups in total. The summed E-state index contributed by atoms with van der Waals surface area (Å²) in [5.41, 5.74) is 3.10. The van der Waals surface area contributed by atoms with E-state index in [1.165, 1.54) is 0 Å². The molecule has 0 bridgehead atoms. The molecule has 0 aliphatic carbocycles. The molecule has 120 valence electrons. The lowest BCUT2D eigenvalue weighted by Gasteiger charge is -2.38. The molecule has 0 aliphatic rings. The minimum Gasteiger partial charge on any atom is -0.496 e. The number of nitrogens with zero attached hydrogens (tertiary/aromatic N) is 1. The van der Waals surface area contributed by atoms with Crippen molar-refractivity contribution in [1.82, 2.24) is 10.3 Å². The number of nitrogens with one attached hydrogen (secondary N) is 1. The Morgan fingerprint density at radius 1 is 1.24 bits per heavy atom. The second-order valence-electron chi connectivity index (χ2n) is 5.57. The number of methoxy groups -OCH3 is 2. The van der Waals surface area contributed by atoms with Crippen molar-refractivity contribution >= 4 is 0 Å². The third-order valence-electron chi connectivity index (χ3n) is 4.73. The standard InChI is InChI=1S/C17H30N2O2/c1-8-17(9-2,21-7)15(18-5)10-14-13(4)16(20-6)12(3)11-19-14/h11,15,18H,8-10H2,1-7H3. The maximum Gasteiger partial charge on any atom is 0.128 e. The molecule has 0 aromatic carbocycles. The van der Waals surface area contributed by atoms with E-state index < -0.39 is 0 Å². The van der Waals surface area contributed by atoms with Gasteiger partial charge in [-0.15, -0.1) is 0 Å². The maximum atomic E-state index is 5.86. The Labute approximate surface area is 129 Å². The minimum absolute atomic E-state index is 0.166.